The third-order valence-electron chi connectivity index (χ3n) is 1.00. The lowest BCUT2D eigenvalue weighted by Gasteiger charge is -2.14. The van der Waals surface area contributed by atoms with Gasteiger partial charge in [-0.15, -0.1) is 0 Å². The largest absolute Gasteiger partial charge is 0.355 e. The van der Waals surface area contributed by atoms with E-state index in [1.54, 1.807) is 7.11 Å². The van der Waals surface area contributed by atoms with Crippen LogP contribution in [0, 0.1) is 5.92 Å². The van der Waals surface area contributed by atoms with E-state index in [2.05, 4.69) is 36.4 Å². The molecule has 0 saturated carbocycles. The first kappa shape index (κ1) is 10.7. The van der Waals surface area contributed by atoms with Crippen LogP contribution in [0.15, 0.2) is 0 Å². The second-order valence-corrected chi connectivity index (χ2v) is 3.43. The van der Waals surface area contributed by atoms with Crippen molar-refractivity contribution in [3.63, 3.8) is 0 Å². The Morgan fingerprint density at radius 3 is 2.30 bits per heavy atom. The lowest BCUT2D eigenvalue weighted by atomic mass is 10.2. The predicted molar refractivity (Wildman–Crippen MR) is 50.5 cm³/mol. The average molecular weight is 258 g/mol. The third kappa shape index (κ3) is 5.44. The molecule has 0 aliphatic rings. The van der Waals surface area contributed by atoms with Gasteiger partial charge in [0.05, 0.1) is 11.0 Å². The van der Waals surface area contributed by atoms with Crippen molar-refractivity contribution in [1.29, 1.82) is 0 Å². The van der Waals surface area contributed by atoms with Crippen molar-refractivity contribution in [2.75, 3.05) is 18.1 Å². The number of methoxy groups -OCH3 is 1. The molecular formula is C7H15IO2. The van der Waals surface area contributed by atoms with Crippen LogP contribution < -0.4 is 0 Å². The highest BCUT2D eigenvalue weighted by Crippen LogP contribution is 2.01. The number of rotatable bonds is 5. The van der Waals surface area contributed by atoms with E-state index in [-0.39, 0.29) is 6.29 Å². The first-order valence-corrected chi connectivity index (χ1v) is 4.93. The molecule has 1 unspecified atom stereocenters. The maximum absolute atomic E-state index is 5.37. The SMILES string of the molecule is COC(CI)OCC(C)C. The van der Waals surface area contributed by atoms with Crippen molar-refractivity contribution in [3.8, 4) is 0 Å². The lowest BCUT2D eigenvalue weighted by molar-refractivity contribution is -0.112. The first-order chi connectivity index (χ1) is 4.70. The Labute approximate surface area is 76.4 Å². The summed E-state index contributed by atoms with van der Waals surface area (Å²) in [6.07, 6.45) is -0.0250. The maximum Gasteiger partial charge on any atom is 0.166 e. The van der Waals surface area contributed by atoms with E-state index in [0.717, 1.165) is 11.0 Å². The van der Waals surface area contributed by atoms with Gasteiger partial charge in [0.15, 0.2) is 6.29 Å². The van der Waals surface area contributed by atoms with E-state index in [0.29, 0.717) is 5.92 Å². The van der Waals surface area contributed by atoms with Gasteiger partial charge in [0.1, 0.15) is 0 Å². The molecule has 0 rings (SSSR count). The molecule has 2 nitrogen and oxygen atoms in total. The summed E-state index contributed by atoms with van der Waals surface area (Å²) in [5.41, 5.74) is 0. The van der Waals surface area contributed by atoms with E-state index >= 15 is 0 Å². The van der Waals surface area contributed by atoms with E-state index in [1.165, 1.54) is 0 Å². The molecule has 3 heteroatoms. The van der Waals surface area contributed by atoms with Crippen molar-refractivity contribution in [2.45, 2.75) is 20.1 Å². The first-order valence-electron chi connectivity index (χ1n) is 3.41. The predicted octanol–water partition coefficient (Wildman–Crippen LogP) is 2.07. The maximum atomic E-state index is 5.37. The minimum atomic E-state index is -0.0250. The van der Waals surface area contributed by atoms with Crippen molar-refractivity contribution in [3.05, 3.63) is 0 Å². The summed E-state index contributed by atoms with van der Waals surface area (Å²) in [5, 5.41) is 0. The highest BCUT2D eigenvalue weighted by Gasteiger charge is 2.04. The third-order valence-corrected chi connectivity index (χ3v) is 1.72. The van der Waals surface area contributed by atoms with Gasteiger partial charge in [0.25, 0.3) is 0 Å². The monoisotopic (exact) mass is 258 g/mol. The van der Waals surface area contributed by atoms with Crippen molar-refractivity contribution in [2.24, 2.45) is 5.92 Å². The fourth-order valence-corrected chi connectivity index (χ4v) is 1.09. The Morgan fingerprint density at radius 1 is 1.40 bits per heavy atom. The molecule has 0 aromatic heterocycles. The van der Waals surface area contributed by atoms with Crippen molar-refractivity contribution < 1.29 is 9.47 Å². The molecule has 62 valence electrons. The van der Waals surface area contributed by atoms with Crippen LogP contribution in [0.25, 0.3) is 0 Å². The Balaban J connectivity index is 3.26. The summed E-state index contributed by atoms with van der Waals surface area (Å²) >= 11 is 2.25. The molecule has 0 N–H and O–H groups in total. The van der Waals surface area contributed by atoms with Gasteiger partial charge in [-0.1, -0.05) is 36.4 Å². The van der Waals surface area contributed by atoms with Crippen LogP contribution in [-0.2, 0) is 9.47 Å². The van der Waals surface area contributed by atoms with Crippen LogP contribution in [0.2, 0.25) is 0 Å². The Kier molecular flexibility index (Phi) is 6.78. The van der Waals surface area contributed by atoms with E-state index in [4.69, 9.17) is 9.47 Å². The summed E-state index contributed by atoms with van der Waals surface area (Å²) in [7, 11) is 1.67. The molecule has 0 fully saturated rings. The minimum absolute atomic E-state index is 0.0250. The smallest absolute Gasteiger partial charge is 0.166 e. The van der Waals surface area contributed by atoms with Crippen LogP contribution in [0.5, 0.6) is 0 Å². The molecule has 0 heterocycles. The number of ether oxygens (including phenoxy) is 2. The number of alkyl halides is 1. The zero-order chi connectivity index (χ0) is 7.98. The van der Waals surface area contributed by atoms with Gasteiger partial charge in [0.2, 0.25) is 0 Å². The molecule has 0 spiro atoms. The zero-order valence-corrected chi connectivity index (χ0v) is 8.92. The van der Waals surface area contributed by atoms with E-state index < -0.39 is 0 Å². The van der Waals surface area contributed by atoms with E-state index in [1.807, 2.05) is 0 Å². The van der Waals surface area contributed by atoms with Crippen LogP contribution in [-0.4, -0.2) is 24.4 Å². The van der Waals surface area contributed by atoms with Gasteiger partial charge in [0, 0.05) is 7.11 Å². The van der Waals surface area contributed by atoms with Gasteiger partial charge in [-0.3, -0.25) is 0 Å². The topological polar surface area (TPSA) is 18.5 Å². The van der Waals surface area contributed by atoms with Crippen LogP contribution in [0.4, 0.5) is 0 Å². The van der Waals surface area contributed by atoms with Crippen molar-refractivity contribution >= 4 is 22.6 Å². The van der Waals surface area contributed by atoms with E-state index in [9.17, 15) is 0 Å². The molecule has 0 bridgehead atoms. The van der Waals surface area contributed by atoms with Crippen LogP contribution in [0.1, 0.15) is 13.8 Å². The quantitative estimate of drug-likeness (QED) is 0.427. The summed E-state index contributed by atoms with van der Waals surface area (Å²) < 4.78 is 11.3. The normalized spacial score (nSPS) is 14.1. The van der Waals surface area contributed by atoms with Crippen LogP contribution in [0.3, 0.4) is 0 Å². The Hall–Kier alpha value is 0.650. The van der Waals surface area contributed by atoms with Gasteiger partial charge in [-0.05, 0) is 5.92 Å². The number of hydrogen-bond acceptors (Lipinski definition) is 2. The molecule has 1 atom stereocenters. The summed E-state index contributed by atoms with van der Waals surface area (Å²) in [6, 6.07) is 0. The molecule has 10 heavy (non-hydrogen) atoms. The number of hydrogen-bond donors (Lipinski definition) is 0. The van der Waals surface area contributed by atoms with Gasteiger partial charge in [-0.25, -0.2) is 0 Å². The summed E-state index contributed by atoms with van der Waals surface area (Å²) in [6.45, 7) is 5.03. The Bertz CT molecular complexity index is 72.0. The van der Waals surface area contributed by atoms with Gasteiger partial charge >= 0.3 is 0 Å². The fourth-order valence-electron chi connectivity index (χ4n) is 0.475. The molecule has 0 saturated heterocycles. The minimum Gasteiger partial charge on any atom is -0.355 e. The fraction of sp³-hybridized carbons (Fsp3) is 1.00. The second kappa shape index (κ2) is 6.37. The highest BCUT2D eigenvalue weighted by atomic mass is 127. The number of halogens is 1. The van der Waals surface area contributed by atoms with Crippen molar-refractivity contribution in [1.82, 2.24) is 0 Å². The molecule has 0 aliphatic carbocycles. The molecule has 0 aromatic carbocycles. The molecule has 0 amide bonds. The molecule has 0 aromatic rings. The van der Waals surface area contributed by atoms with Gasteiger partial charge in [-0.2, -0.15) is 0 Å². The molecule has 0 radical (unpaired) electrons. The Morgan fingerprint density at radius 2 is 2.00 bits per heavy atom. The standard InChI is InChI=1S/C7H15IO2/c1-6(2)5-10-7(4-8)9-3/h6-7H,4-5H2,1-3H3. The van der Waals surface area contributed by atoms with Gasteiger partial charge < -0.3 is 9.47 Å². The average Bonchev–Trinajstić information content (AvgIpc) is 1.90. The summed E-state index contributed by atoms with van der Waals surface area (Å²) in [4.78, 5) is 0. The highest BCUT2D eigenvalue weighted by molar-refractivity contribution is 14.1. The van der Waals surface area contributed by atoms with Crippen LogP contribution >= 0.6 is 22.6 Å². The molecule has 0 aliphatic heterocycles. The lowest BCUT2D eigenvalue weighted by Crippen LogP contribution is -2.19. The second-order valence-electron chi connectivity index (χ2n) is 2.55. The molecular weight excluding hydrogens is 243 g/mol. The zero-order valence-electron chi connectivity index (χ0n) is 6.76. The summed E-state index contributed by atoms with van der Waals surface area (Å²) in [5.74, 6) is 0.584.